The second kappa shape index (κ2) is 8.30. The minimum atomic E-state index is -0.376. The van der Waals surface area contributed by atoms with Gasteiger partial charge in [-0.05, 0) is 25.5 Å². The molecule has 0 unspecified atom stereocenters. The van der Waals surface area contributed by atoms with Crippen LogP contribution >= 0.6 is 0 Å². The molecule has 1 N–H and O–H groups in total. The van der Waals surface area contributed by atoms with Crippen molar-refractivity contribution < 1.29 is 18.7 Å². The summed E-state index contributed by atoms with van der Waals surface area (Å²) in [5.41, 5.74) is 0. The van der Waals surface area contributed by atoms with E-state index in [0.717, 1.165) is 6.42 Å². The van der Waals surface area contributed by atoms with Crippen molar-refractivity contribution in [2.45, 2.75) is 13.3 Å². The third-order valence-corrected chi connectivity index (χ3v) is 2.01. The largest absolute Gasteiger partial charge is 0.465 e. The van der Waals surface area contributed by atoms with Crippen molar-refractivity contribution in [3.8, 4) is 0 Å². The Kier molecular flexibility index (Phi) is 6.56. The first kappa shape index (κ1) is 14.2. The van der Waals surface area contributed by atoms with Gasteiger partial charge in [-0.2, -0.15) is 0 Å². The zero-order valence-corrected chi connectivity index (χ0v) is 10.6. The maximum atomic E-state index is 11.7. The van der Waals surface area contributed by atoms with Crippen LogP contribution in [-0.4, -0.2) is 38.8 Å². The van der Waals surface area contributed by atoms with Crippen LogP contribution in [-0.2, 0) is 9.47 Å². The van der Waals surface area contributed by atoms with Gasteiger partial charge in [0.25, 0.3) is 11.9 Å². The van der Waals surface area contributed by atoms with E-state index in [1.165, 1.54) is 6.26 Å². The first-order valence-electron chi connectivity index (χ1n) is 5.79. The molecule has 6 nitrogen and oxygen atoms in total. The van der Waals surface area contributed by atoms with E-state index in [9.17, 15) is 4.79 Å². The number of hydrogen-bond acceptors (Lipinski definition) is 5. The molecule has 1 heterocycles. The number of aliphatic imine (C=N–C) groups is 1. The molecule has 1 aromatic rings. The molecule has 0 radical (unpaired) electrons. The zero-order valence-electron chi connectivity index (χ0n) is 10.6. The molecular weight excluding hydrogens is 236 g/mol. The number of carbonyl (C=O) groups excluding carboxylic acids is 1. The molecule has 0 aliphatic carbocycles. The Balaban J connectivity index is 2.48. The van der Waals surface area contributed by atoms with Gasteiger partial charge < -0.3 is 13.9 Å². The van der Waals surface area contributed by atoms with Crippen molar-refractivity contribution in [3.63, 3.8) is 0 Å². The van der Waals surface area contributed by atoms with Gasteiger partial charge in [-0.25, -0.2) is 4.99 Å². The van der Waals surface area contributed by atoms with Gasteiger partial charge in [-0.1, -0.05) is 0 Å². The summed E-state index contributed by atoms with van der Waals surface area (Å²) < 4.78 is 15.1. The monoisotopic (exact) mass is 254 g/mol. The van der Waals surface area contributed by atoms with Crippen molar-refractivity contribution in [1.82, 2.24) is 5.32 Å². The minimum Gasteiger partial charge on any atom is -0.465 e. The van der Waals surface area contributed by atoms with Crippen LogP contribution in [0.2, 0.25) is 0 Å². The molecule has 0 aliphatic rings. The number of carbonyl (C=O) groups is 1. The van der Waals surface area contributed by atoms with E-state index in [-0.39, 0.29) is 17.7 Å². The topological polar surface area (TPSA) is 73.1 Å². The number of amidine groups is 1. The second-order valence-electron chi connectivity index (χ2n) is 3.40. The predicted molar refractivity (Wildman–Crippen MR) is 66.6 cm³/mol. The minimum absolute atomic E-state index is 0.204. The number of nitrogens with zero attached hydrogens (tertiary/aromatic N) is 1. The van der Waals surface area contributed by atoms with Crippen molar-refractivity contribution in [2.24, 2.45) is 4.99 Å². The normalized spacial score (nSPS) is 11.3. The van der Waals surface area contributed by atoms with Crippen molar-refractivity contribution in [3.05, 3.63) is 24.2 Å². The summed E-state index contributed by atoms with van der Waals surface area (Å²) in [5, 5.41) is 2.55. The molecule has 0 spiro atoms. The van der Waals surface area contributed by atoms with Gasteiger partial charge in [0.2, 0.25) is 0 Å². The molecule has 0 saturated heterocycles. The molecule has 18 heavy (non-hydrogen) atoms. The summed E-state index contributed by atoms with van der Waals surface area (Å²) in [6.07, 6.45) is 2.20. The Morgan fingerprint density at radius 2 is 2.39 bits per heavy atom. The van der Waals surface area contributed by atoms with Gasteiger partial charge in [0, 0.05) is 20.3 Å². The van der Waals surface area contributed by atoms with E-state index in [2.05, 4.69) is 10.3 Å². The Morgan fingerprint density at radius 3 is 3.00 bits per heavy atom. The Morgan fingerprint density at radius 1 is 1.56 bits per heavy atom. The van der Waals surface area contributed by atoms with Crippen LogP contribution in [0, 0.1) is 0 Å². The van der Waals surface area contributed by atoms with Gasteiger partial charge in [0.05, 0.1) is 12.9 Å². The molecule has 1 rings (SSSR count). The summed E-state index contributed by atoms with van der Waals surface area (Å²) in [7, 11) is 1.63. The first-order chi connectivity index (χ1) is 8.77. The lowest BCUT2D eigenvalue weighted by Crippen LogP contribution is -2.32. The quantitative estimate of drug-likeness (QED) is 0.473. The maximum absolute atomic E-state index is 11.7. The van der Waals surface area contributed by atoms with E-state index in [4.69, 9.17) is 13.9 Å². The fourth-order valence-electron chi connectivity index (χ4n) is 1.21. The van der Waals surface area contributed by atoms with E-state index in [1.807, 2.05) is 6.92 Å². The predicted octanol–water partition coefficient (Wildman–Crippen LogP) is 1.44. The third-order valence-electron chi connectivity index (χ3n) is 2.01. The standard InChI is InChI=1S/C12H18N2O4/c1-3-17-12(13-7-5-8-16-2)14-11(15)10-6-4-9-18-10/h4,6,9H,3,5,7-8H2,1-2H3,(H,13,14,15). The molecule has 0 saturated carbocycles. The molecular formula is C12H18N2O4. The molecule has 6 heteroatoms. The van der Waals surface area contributed by atoms with Crippen LogP contribution in [0.25, 0.3) is 0 Å². The van der Waals surface area contributed by atoms with Gasteiger partial charge in [0.15, 0.2) is 5.76 Å². The summed E-state index contributed by atoms with van der Waals surface area (Å²) in [4.78, 5) is 15.8. The van der Waals surface area contributed by atoms with Crippen LogP contribution < -0.4 is 5.32 Å². The van der Waals surface area contributed by atoms with Crippen molar-refractivity contribution in [2.75, 3.05) is 26.9 Å². The van der Waals surface area contributed by atoms with Gasteiger partial charge in [0.1, 0.15) is 0 Å². The number of hydrogen-bond donors (Lipinski definition) is 1. The first-order valence-corrected chi connectivity index (χ1v) is 5.79. The number of methoxy groups -OCH3 is 1. The van der Waals surface area contributed by atoms with Gasteiger partial charge in [-0.3, -0.25) is 10.1 Å². The molecule has 100 valence electrons. The molecule has 0 aliphatic heterocycles. The fourth-order valence-corrected chi connectivity index (χ4v) is 1.21. The van der Waals surface area contributed by atoms with E-state index >= 15 is 0 Å². The number of nitrogens with one attached hydrogen (secondary N) is 1. The van der Waals surface area contributed by atoms with Crippen LogP contribution in [0.3, 0.4) is 0 Å². The van der Waals surface area contributed by atoms with Crippen LogP contribution in [0.4, 0.5) is 0 Å². The van der Waals surface area contributed by atoms with Gasteiger partial charge >= 0.3 is 0 Å². The van der Waals surface area contributed by atoms with Crippen LogP contribution in [0.15, 0.2) is 27.8 Å². The number of rotatable bonds is 6. The number of furan rings is 1. The third kappa shape index (κ3) is 5.01. The SMILES string of the molecule is CCOC(=NCCCOC)NC(=O)c1ccco1. The Labute approximate surface area is 106 Å². The molecule has 0 atom stereocenters. The molecule has 0 bridgehead atoms. The maximum Gasteiger partial charge on any atom is 0.294 e. The highest BCUT2D eigenvalue weighted by Gasteiger charge is 2.11. The summed E-state index contributed by atoms with van der Waals surface area (Å²) in [6.45, 7) is 3.40. The highest BCUT2D eigenvalue weighted by Crippen LogP contribution is 1.99. The van der Waals surface area contributed by atoms with E-state index in [1.54, 1.807) is 19.2 Å². The fraction of sp³-hybridized carbons (Fsp3) is 0.500. The summed E-state index contributed by atoms with van der Waals surface area (Å²) in [5.74, 6) is -0.154. The lowest BCUT2D eigenvalue weighted by Gasteiger charge is -2.07. The Bertz CT molecular complexity index is 373. The molecule has 0 aromatic carbocycles. The number of amides is 1. The molecule has 1 amide bonds. The number of ether oxygens (including phenoxy) is 2. The summed E-state index contributed by atoms with van der Waals surface area (Å²) >= 11 is 0. The van der Waals surface area contributed by atoms with Crippen LogP contribution in [0.5, 0.6) is 0 Å². The van der Waals surface area contributed by atoms with E-state index in [0.29, 0.717) is 19.8 Å². The summed E-state index contributed by atoms with van der Waals surface area (Å²) in [6, 6.07) is 3.42. The molecule has 1 aromatic heterocycles. The Hall–Kier alpha value is -1.82. The second-order valence-corrected chi connectivity index (χ2v) is 3.40. The smallest absolute Gasteiger partial charge is 0.294 e. The zero-order chi connectivity index (χ0) is 13.2. The lowest BCUT2D eigenvalue weighted by molar-refractivity contribution is 0.0939. The molecule has 0 fully saturated rings. The highest BCUT2D eigenvalue weighted by molar-refractivity contribution is 6.02. The average Bonchev–Trinajstić information content (AvgIpc) is 2.88. The van der Waals surface area contributed by atoms with Crippen molar-refractivity contribution >= 4 is 11.9 Å². The lowest BCUT2D eigenvalue weighted by atomic mass is 10.4. The van der Waals surface area contributed by atoms with Gasteiger partial charge in [-0.15, -0.1) is 0 Å². The van der Waals surface area contributed by atoms with E-state index < -0.39 is 0 Å². The average molecular weight is 254 g/mol. The highest BCUT2D eigenvalue weighted by atomic mass is 16.5. The van der Waals surface area contributed by atoms with Crippen molar-refractivity contribution in [1.29, 1.82) is 0 Å². The van der Waals surface area contributed by atoms with Crippen LogP contribution in [0.1, 0.15) is 23.9 Å².